The number of carbonyl (C=O) groups excluding carboxylic acids is 2. The molecule has 0 fully saturated rings. The fraction of sp³-hybridized carbons (Fsp3) is 0.900. The van der Waals surface area contributed by atoms with Gasteiger partial charge < -0.3 is 19.7 Å². The molecule has 2 N–H and O–H groups in total. The van der Waals surface area contributed by atoms with E-state index >= 15 is 0 Å². The van der Waals surface area contributed by atoms with E-state index in [1.54, 1.807) is 0 Å². The number of aliphatic hydroxyl groups is 2. The number of aliphatic hydroxyl groups excluding tert-OH is 2. The fourth-order valence-corrected chi connectivity index (χ4v) is 2.59. The van der Waals surface area contributed by atoms with Gasteiger partial charge in [0, 0.05) is 6.42 Å². The molecule has 0 radical (unpaired) electrons. The first-order valence-electron chi connectivity index (χ1n) is 10.2. The summed E-state index contributed by atoms with van der Waals surface area (Å²) >= 11 is 0. The normalized spacial score (nSPS) is 14.5. The van der Waals surface area contributed by atoms with E-state index in [9.17, 15) is 14.7 Å². The van der Waals surface area contributed by atoms with E-state index < -0.39 is 30.4 Å². The van der Waals surface area contributed by atoms with Crippen molar-refractivity contribution in [3.8, 4) is 0 Å². The molecule has 26 heavy (non-hydrogen) atoms. The van der Waals surface area contributed by atoms with Gasteiger partial charge in [0.25, 0.3) is 0 Å². The van der Waals surface area contributed by atoms with Gasteiger partial charge in [-0.3, -0.25) is 0 Å². The van der Waals surface area contributed by atoms with E-state index in [0.717, 1.165) is 19.3 Å². The first-order valence-corrected chi connectivity index (χ1v) is 10.2. The molecule has 6 nitrogen and oxygen atoms in total. The quantitative estimate of drug-likeness (QED) is 0.242. The van der Waals surface area contributed by atoms with Crippen molar-refractivity contribution in [2.75, 3.05) is 0 Å². The zero-order valence-corrected chi connectivity index (χ0v) is 16.7. The van der Waals surface area contributed by atoms with Gasteiger partial charge in [-0.05, 0) is 20.3 Å². The van der Waals surface area contributed by atoms with Crippen molar-refractivity contribution in [3.05, 3.63) is 0 Å². The second-order valence-electron chi connectivity index (χ2n) is 6.97. The minimum absolute atomic E-state index is 0.375. The number of carbonyl (C=O) groups is 2. The van der Waals surface area contributed by atoms with Crippen LogP contribution in [0.5, 0.6) is 0 Å². The molecule has 0 aliphatic heterocycles. The van der Waals surface area contributed by atoms with Gasteiger partial charge in [-0.1, -0.05) is 71.1 Å². The predicted molar refractivity (Wildman–Crippen MR) is 100 cm³/mol. The van der Waals surface area contributed by atoms with E-state index in [1.165, 1.54) is 65.2 Å². The van der Waals surface area contributed by atoms with Crippen LogP contribution < -0.4 is 0 Å². The summed E-state index contributed by atoms with van der Waals surface area (Å²) in [6, 6.07) is 0. The van der Waals surface area contributed by atoms with Crippen LogP contribution in [0.25, 0.3) is 0 Å². The maximum atomic E-state index is 11.7. The number of unbranched alkanes of at least 4 members (excludes halogenated alkanes) is 10. The largest absolute Gasteiger partial charge is 0.449 e. The minimum Gasteiger partial charge on any atom is -0.449 e. The molecule has 0 aliphatic carbocycles. The lowest BCUT2D eigenvalue weighted by molar-refractivity contribution is -0.186. The number of rotatable bonds is 16. The second kappa shape index (κ2) is 16.1. The molecule has 0 rings (SSSR count). The Morgan fingerprint density at radius 2 is 1.19 bits per heavy atom. The number of hydrogen-bond donors (Lipinski definition) is 2. The van der Waals surface area contributed by atoms with Crippen LogP contribution >= 0.6 is 0 Å². The maximum absolute atomic E-state index is 11.7. The summed E-state index contributed by atoms with van der Waals surface area (Å²) in [6.07, 6.45) is 10.1. The lowest BCUT2D eigenvalue weighted by Gasteiger charge is -2.17. The monoisotopic (exact) mass is 374 g/mol. The third kappa shape index (κ3) is 14.1. The Morgan fingerprint density at radius 3 is 1.65 bits per heavy atom. The molecular formula is C20H38O6. The summed E-state index contributed by atoms with van der Waals surface area (Å²) in [6.45, 7) is 4.82. The van der Waals surface area contributed by atoms with Crippen LogP contribution in [0, 0.1) is 0 Å². The minimum atomic E-state index is -1.30. The molecule has 3 unspecified atom stereocenters. The Morgan fingerprint density at radius 1 is 0.731 bits per heavy atom. The Kier molecular flexibility index (Phi) is 15.4. The van der Waals surface area contributed by atoms with Gasteiger partial charge in [0.15, 0.2) is 6.10 Å². The lowest BCUT2D eigenvalue weighted by Crippen LogP contribution is -2.32. The van der Waals surface area contributed by atoms with Crippen LogP contribution in [0.3, 0.4) is 0 Å². The van der Waals surface area contributed by atoms with Gasteiger partial charge in [-0.25, -0.2) is 9.59 Å². The molecule has 0 saturated heterocycles. The summed E-state index contributed by atoms with van der Waals surface area (Å²) in [4.78, 5) is 22.9. The smallest absolute Gasteiger partial charge is 0.349 e. The van der Waals surface area contributed by atoms with Gasteiger partial charge in [-0.2, -0.15) is 0 Å². The molecule has 6 heteroatoms. The van der Waals surface area contributed by atoms with Gasteiger partial charge in [0.05, 0.1) is 0 Å². The highest BCUT2D eigenvalue weighted by Crippen LogP contribution is 2.13. The first kappa shape index (κ1) is 24.9. The molecule has 0 saturated carbocycles. The zero-order chi connectivity index (χ0) is 19.8. The SMILES string of the molecule is CCCCCCCCCCCCCC(O)OC(=O)C(C)OC(=O)C(C)O. The van der Waals surface area contributed by atoms with E-state index in [-0.39, 0.29) is 0 Å². The topological polar surface area (TPSA) is 93.1 Å². The van der Waals surface area contributed by atoms with Crippen LogP contribution in [-0.4, -0.2) is 40.6 Å². The van der Waals surface area contributed by atoms with Crippen molar-refractivity contribution < 1.29 is 29.3 Å². The summed E-state index contributed by atoms with van der Waals surface area (Å²) in [5, 5.41) is 18.7. The summed E-state index contributed by atoms with van der Waals surface area (Å²) in [5.41, 5.74) is 0. The highest BCUT2D eigenvalue weighted by molar-refractivity contribution is 5.80. The van der Waals surface area contributed by atoms with Crippen LogP contribution in [0.15, 0.2) is 0 Å². The molecule has 0 bridgehead atoms. The standard InChI is InChI=1S/C20H38O6/c1-4-5-6-7-8-9-10-11-12-13-14-15-18(22)26-20(24)17(3)25-19(23)16(2)21/h16-18,21-22H,4-15H2,1-3H3. The third-order valence-electron chi connectivity index (χ3n) is 4.27. The maximum Gasteiger partial charge on any atom is 0.349 e. The van der Waals surface area contributed by atoms with Gasteiger partial charge in [0.2, 0.25) is 6.29 Å². The van der Waals surface area contributed by atoms with E-state index in [1.807, 2.05) is 0 Å². The Labute approximate surface area is 158 Å². The highest BCUT2D eigenvalue weighted by Gasteiger charge is 2.23. The average Bonchev–Trinajstić information content (AvgIpc) is 2.59. The molecule has 0 aromatic carbocycles. The van der Waals surface area contributed by atoms with E-state index in [2.05, 4.69) is 6.92 Å². The Bertz CT molecular complexity index is 369. The van der Waals surface area contributed by atoms with Crippen molar-refractivity contribution in [3.63, 3.8) is 0 Å². The van der Waals surface area contributed by atoms with Crippen molar-refractivity contribution in [1.82, 2.24) is 0 Å². The van der Waals surface area contributed by atoms with Crippen LogP contribution in [-0.2, 0) is 19.1 Å². The first-order chi connectivity index (χ1) is 12.4. The van der Waals surface area contributed by atoms with E-state index in [0.29, 0.717) is 6.42 Å². The molecular weight excluding hydrogens is 336 g/mol. The van der Waals surface area contributed by atoms with Gasteiger partial charge in [0.1, 0.15) is 6.10 Å². The number of hydrogen-bond acceptors (Lipinski definition) is 6. The van der Waals surface area contributed by atoms with Crippen molar-refractivity contribution in [2.45, 2.75) is 116 Å². The van der Waals surface area contributed by atoms with Crippen LogP contribution in [0.2, 0.25) is 0 Å². The number of esters is 2. The third-order valence-corrected chi connectivity index (χ3v) is 4.27. The van der Waals surface area contributed by atoms with Gasteiger partial charge in [-0.15, -0.1) is 0 Å². The molecule has 3 atom stereocenters. The molecule has 0 aliphatic rings. The second-order valence-corrected chi connectivity index (χ2v) is 6.97. The molecule has 0 aromatic rings. The summed E-state index contributed by atoms with van der Waals surface area (Å²) < 4.78 is 9.55. The van der Waals surface area contributed by atoms with E-state index in [4.69, 9.17) is 14.6 Å². The molecule has 0 heterocycles. The highest BCUT2D eigenvalue weighted by atomic mass is 16.7. The average molecular weight is 375 g/mol. The Balaban J connectivity index is 3.57. The van der Waals surface area contributed by atoms with Crippen molar-refractivity contribution >= 4 is 11.9 Å². The Hall–Kier alpha value is -1.14. The van der Waals surface area contributed by atoms with Crippen LogP contribution in [0.4, 0.5) is 0 Å². The molecule has 154 valence electrons. The molecule has 0 aromatic heterocycles. The van der Waals surface area contributed by atoms with Crippen molar-refractivity contribution in [2.24, 2.45) is 0 Å². The lowest BCUT2D eigenvalue weighted by atomic mass is 10.1. The predicted octanol–water partition coefficient (Wildman–Crippen LogP) is 3.86. The van der Waals surface area contributed by atoms with Gasteiger partial charge >= 0.3 is 11.9 Å². The summed E-state index contributed by atoms with van der Waals surface area (Å²) in [5.74, 6) is -1.70. The molecule has 0 amide bonds. The molecule has 0 spiro atoms. The van der Waals surface area contributed by atoms with Crippen LogP contribution in [0.1, 0.15) is 97.8 Å². The zero-order valence-electron chi connectivity index (χ0n) is 16.7. The van der Waals surface area contributed by atoms with Crippen molar-refractivity contribution in [1.29, 1.82) is 0 Å². The number of ether oxygens (including phenoxy) is 2. The summed E-state index contributed by atoms with van der Waals surface area (Å²) in [7, 11) is 0. The fourth-order valence-electron chi connectivity index (χ4n) is 2.59.